The highest BCUT2D eigenvalue weighted by Gasteiger charge is 2.01. The molecule has 1 unspecified atom stereocenters. The topological polar surface area (TPSA) is 9.23 Å². The maximum atomic E-state index is 5.11. The van der Waals surface area contributed by atoms with Crippen LogP contribution in [0.3, 0.4) is 0 Å². The van der Waals surface area contributed by atoms with E-state index < -0.39 is 0 Å². The summed E-state index contributed by atoms with van der Waals surface area (Å²) < 4.78 is 5.11. The first kappa shape index (κ1) is 5.57. The van der Waals surface area contributed by atoms with Crippen LogP contribution < -0.4 is 0 Å². The molecule has 8 heavy (non-hydrogen) atoms. The summed E-state index contributed by atoms with van der Waals surface area (Å²) >= 11 is 0. The summed E-state index contributed by atoms with van der Waals surface area (Å²) in [6, 6.07) is 0. The highest BCUT2D eigenvalue weighted by molar-refractivity contribution is 4.99. The van der Waals surface area contributed by atoms with Gasteiger partial charge in [-0.3, -0.25) is 0 Å². The second kappa shape index (κ2) is 2.68. The minimum atomic E-state index is 0.448. The van der Waals surface area contributed by atoms with Crippen molar-refractivity contribution in [3.8, 4) is 0 Å². The average Bonchev–Trinajstić information content (AvgIpc) is 1.90. The van der Waals surface area contributed by atoms with E-state index in [0.29, 0.717) is 5.92 Å². The third kappa shape index (κ3) is 1.20. The van der Waals surface area contributed by atoms with E-state index in [2.05, 4.69) is 12.7 Å². The van der Waals surface area contributed by atoms with Gasteiger partial charge in [0, 0.05) is 5.92 Å². The van der Waals surface area contributed by atoms with Crippen LogP contribution in [0.25, 0.3) is 0 Å². The molecule has 0 spiro atoms. The zero-order valence-electron chi connectivity index (χ0n) is 4.84. The molecule has 0 aromatic rings. The quantitative estimate of drug-likeness (QED) is 0.463. The zero-order chi connectivity index (χ0) is 5.82. The summed E-state index contributed by atoms with van der Waals surface area (Å²) in [7, 11) is 0. The first-order chi connectivity index (χ1) is 3.93. The molecule has 1 aliphatic heterocycles. The van der Waals surface area contributed by atoms with Crippen molar-refractivity contribution < 1.29 is 4.74 Å². The normalized spacial score (nSPS) is 27.8. The van der Waals surface area contributed by atoms with Gasteiger partial charge in [0.25, 0.3) is 0 Å². The lowest BCUT2D eigenvalue weighted by Crippen LogP contribution is -2.08. The van der Waals surface area contributed by atoms with Crippen molar-refractivity contribution in [2.75, 3.05) is 13.2 Å². The van der Waals surface area contributed by atoms with Crippen molar-refractivity contribution in [1.82, 2.24) is 0 Å². The lowest BCUT2D eigenvalue weighted by Gasteiger charge is -2.11. The van der Waals surface area contributed by atoms with E-state index in [1.165, 1.54) is 0 Å². The summed E-state index contributed by atoms with van der Waals surface area (Å²) in [5.41, 5.74) is 0. The third-order valence-electron chi connectivity index (χ3n) is 1.21. The molecule has 0 saturated heterocycles. The van der Waals surface area contributed by atoms with Crippen molar-refractivity contribution in [1.29, 1.82) is 0 Å². The summed E-state index contributed by atoms with van der Waals surface area (Å²) in [6.07, 6.45) is 6.04. The van der Waals surface area contributed by atoms with Crippen LogP contribution in [0.4, 0.5) is 0 Å². The van der Waals surface area contributed by atoms with Gasteiger partial charge in [-0.15, -0.1) is 6.58 Å². The van der Waals surface area contributed by atoms with Crippen LogP contribution in [0, 0.1) is 5.92 Å². The van der Waals surface area contributed by atoms with Gasteiger partial charge in [0.2, 0.25) is 0 Å². The summed E-state index contributed by atoms with van der Waals surface area (Å²) in [5.74, 6) is 0.448. The maximum absolute atomic E-state index is 5.11. The van der Waals surface area contributed by atoms with E-state index in [4.69, 9.17) is 4.74 Å². The fourth-order valence-electron chi connectivity index (χ4n) is 0.705. The van der Waals surface area contributed by atoms with Crippen molar-refractivity contribution >= 4 is 0 Å². The first-order valence-corrected chi connectivity index (χ1v) is 2.80. The summed E-state index contributed by atoms with van der Waals surface area (Å²) in [4.78, 5) is 0. The second-order valence-corrected chi connectivity index (χ2v) is 1.87. The van der Waals surface area contributed by atoms with E-state index in [0.717, 1.165) is 13.2 Å². The van der Waals surface area contributed by atoms with E-state index in [9.17, 15) is 0 Å². The predicted molar refractivity (Wildman–Crippen MR) is 33.6 cm³/mol. The average molecular weight is 110 g/mol. The molecule has 0 saturated carbocycles. The Kier molecular flexibility index (Phi) is 1.86. The predicted octanol–water partition coefficient (Wildman–Crippen LogP) is 1.37. The van der Waals surface area contributed by atoms with Crippen LogP contribution in [0.15, 0.2) is 24.8 Å². The Labute approximate surface area is 49.7 Å². The molecule has 1 nitrogen and oxygen atoms in total. The fourth-order valence-corrected chi connectivity index (χ4v) is 0.705. The van der Waals surface area contributed by atoms with Crippen molar-refractivity contribution in [3.05, 3.63) is 24.8 Å². The van der Waals surface area contributed by atoms with Gasteiger partial charge in [0.15, 0.2) is 0 Å². The van der Waals surface area contributed by atoms with Gasteiger partial charge in [-0.2, -0.15) is 0 Å². The Morgan fingerprint density at radius 1 is 1.75 bits per heavy atom. The molecule has 0 N–H and O–H groups in total. The molecular formula is C7H10O. The number of hydrogen-bond donors (Lipinski definition) is 0. The molecule has 0 amide bonds. The van der Waals surface area contributed by atoms with Gasteiger partial charge in [-0.25, -0.2) is 0 Å². The van der Waals surface area contributed by atoms with Crippen LogP contribution in [0.2, 0.25) is 0 Å². The highest BCUT2D eigenvalue weighted by Crippen LogP contribution is 2.05. The number of ether oxygens (including phenoxy) is 1. The summed E-state index contributed by atoms with van der Waals surface area (Å²) in [5, 5.41) is 0. The molecule has 44 valence electrons. The molecule has 1 aliphatic rings. The molecule has 0 bridgehead atoms. The zero-order valence-corrected chi connectivity index (χ0v) is 4.84. The number of rotatable bonds is 1. The van der Waals surface area contributed by atoms with Gasteiger partial charge in [0.05, 0.1) is 13.2 Å². The van der Waals surface area contributed by atoms with Crippen LogP contribution in [0.1, 0.15) is 0 Å². The molecule has 1 atom stereocenters. The van der Waals surface area contributed by atoms with Crippen molar-refractivity contribution in [3.63, 3.8) is 0 Å². The van der Waals surface area contributed by atoms with E-state index in [1.54, 1.807) is 0 Å². The van der Waals surface area contributed by atoms with Crippen LogP contribution in [-0.4, -0.2) is 13.2 Å². The molecule has 0 radical (unpaired) electrons. The van der Waals surface area contributed by atoms with Gasteiger partial charge in [0.1, 0.15) is 0 Å². The Balaban J connectivity index is 2.42. The number of hydrogen-bond acceptors (Lipinski definition) is 1. The molecular weight excluding hydrogens is 100 g/mol. The van der Waals surface area contributed by atoms with E-state index in [-0.39, 0.29) is 0 Å². The Morgan fingerprint density at radius 2 is 2.62 bits per heavy atom. The smallest absolute Gasteiger partial charge is 0.0648 e. The molecule has 0 aromatic carbocycles. The molecule has 0 aliphatic carbocycles. The molecule has 0 aromatic heterocycles. The molecule has 1 heteroatoms. The Morgan fingerprint density at radius 3 is 3.00 bits per heavy atom. The lowest BCUT2D eigenvalue weighted by molar-refractivity contribution is 0.139. The largest absolute Gasteiger partial charge is 0.376 e. The molecule has 0 fully saturated rings. The Hall–Kier alpha value is -0.560. The monoisotopic (exact) mass is 110 g/mol. The van der Waals surface area contributed by atoms with Gasteiger partial charge >= 0.3 is 0 Å². The van der Waals surface area contributed by atoms with Crippen LogP contribution in [-0.2, 0) is 4.74 Å². The van der Waals surface area contributed by atoms with E-state index >= 15 is 0 Å². The lowest BCUT2D eigenvalue weighted by atomic mass is 10.1. The highest BCUT2D eigenvalue weighted by atomic mass is 16.5. The van der Waals surface area contributed by atoms with Crippen molar-refractivity contribution in [2.24, 2.45) is 5.92 Å². The first-order valence-electron chi connectivity index (χ1n) is 2.80. The minimum absolute atomic E-state index is 0.448. The second-order valence-electron chi connectivity index (χ2n) is 1.87. The van der Waals surface area contributed by atoms with Gasteiger partial charge in [-0.05, 0) is 0 Å². The molecule has 1 heterocycles. The minimum Gasteiger partial charge on any atom is -0.376 e. The van der Waals surface area contributed by atoms with Gasteiger partial charge < -0.3 is 4.74 Å². The fraction of sp³-hybridized carbons (Fsp3) is 0.429. The van der Waals surface area contributed by atoms with Crippen molar-refractivity contribution in [2.45, 2.75) is 0 Å². The standard InChI is InChI=1S/C7H10O/c1-2-7-4-3-5-8-6-7/h2-4,7H,1,5-6H2. The van der Waals surface area contributed by atoms with Crippen LogP contribution >= 0.6 is 0 Å². The van der Waals surface area contributed by atoms with E-state index in [1.807, 2.05) is 12.2 Å². The SMILES string of the molecule is C=CC1C=CCOC1. The third-order valence-corrected chi connectivity index (χ3v) is 1.21. The maximum Gasteiger partial charge on any atom is 0.0648 e. The van der Waals surface area contributed by atoms with Gasteiger partial charge in [-0.1, -0.05) is 18.2 Å². The molecule has 1 rings (SSSR count). The summed E-state index contributed by atoms with van der Waals surface area (Å²) in [6.45, 7) is 5.23. The Bertz CT molecular complexity index is 105. The van der Waals surface area contributed by atoms with Crippen LogP contribution in [0.5, 0.6) is 0 Å².